The Morgan fingerprint density at radius 1 is 1.20 bits per heavy atom. The summed E-state index contributed by atoms with van der Waals surface area (Å²) < 4.78 is 16.3. The molecule has 0 fully saturated rings. The van der Waals surface area contributed by atoms with Gasteiger partial charge in [0.15, 0.2) is 0 Å². The lowest BCUT2D eigenvalue weighted by Crippen LogP contribution is -2.33. The van der Waals surface area contributed by atoms with Crippen molar-refractivity contribution in [3.63, 3.8) is 0 Å². The second-order valence-electron chi connectivity index (χ2n) is 4.21. The van der Waals surface area contributed by atoms with Gasteiger partial charge in [-0.25, -0.2) is 14.8 Å². The molecule has 0 aliphatic carbocycles. The fourth-order valence-corrected chi connectivity index (χ4v) is 1.90. The third-order valence-corrected chi connectivity index (χ3v) is 2.67. The van der Waals surface area contributed by atoms with Crippen LogP contribution in [-0.2, 0) is 20.0 Å². The molecule has 0 radical (unpaired) electrons. The molecule has 1 aromatic heterocycles. The summed E-state index contributed by atoms with van der Waals surface area (Å²) in [5, 5.41) is 0. The molecule has 6 heteroatoms. The Labute approximate surface area is 119 Å². The van der Waals surface area contributed by atoms with Gasteiger partial charge >= 0.3 is 5.97 Å². The summed E-state index contributed by atoms with van der Waals surface area (Å²) in [7, 11) is 0. The van der Waals surface area contributed by atoms with Gasteiger partial charge < -0.3 is 14.2 Å². The molecule has 0 saturated heterocycles. The minimum Gasteiger partial charge on any atom is -0.462 e. The number of hydrogen-bond acceptors (Lipinski definition) is 6. The normalized spacial score (nSPS) is 11.4. The highest BCUT2D eigenvalue weighted by molar-refractivity contribution is 5.90. The summed E-state index contributed by atoms with van der Waals surface area (Å²) in [6, 6.07) is 0. The van der Waals surface area contributed by atoms with Crippen molar-refractivity contribution in [2.45, 2.75) is 40.4 Å². The van der Waals surface area contributed by atoms with Gasteiger partial charge in [0.05, 0.1) is 6.61 Å². The van der Waals surface area contributed by atoms with E-state index in [0.29, 0.717) is 24.7 Å². The van der Waals surface area contributed by atoms with Gasteiger partial charge in [-0.15, -0.1) is 0 Å². The highest BCUT2D eigenvalue weighted by atomic mass is 16.7. The molecule has 0 bridgehead atoms. The van der Waals surface area contributed by atoms with Gasteiger partial charge in [-0.3, -0.25) is 0 Å². The summed E-state index contributed by atoms with van der Waals surface area (Å²) >= 11 is 0. The van der Waals surface area contributed by atoms with E-state index in [1.807, 2.05) is 13.8 Å². The van der Waals surface area contributed by atoms with Gasteiger partial charge in [-0.1, -0.05) is 0 Å². The van der Waals surface area contributed by atoms with E-state index in [4.69, 9.17) is 14.2 Å². The Bertz CT molecular complexity index is 456. The predicted molar refractivity (Wildman–Crippen MR) is 73.3 cm³/mol. The van der Waals surface area contributed by atoms with Crippen molar-refractivity contribution in [3.8, 4) is 0 Å². The van der Waals surface area contributed by atoms with Crippen LogP contribution in [0.15, 0.2) is 6.20 Å². The van der Waals surface area contributed by atoms with Gasteiger partial charge in [0.25, 0.3) is 0 Å². The Kier molecular flexibility index (Phi) is 6.04. The maximum absolute atomic E-state index is 12.0. The number of nitrogens with zero attached hydrogens (tertiary/aromatic N) is 2. The molecular formula is C14H22N2O4. The Morgan fingerprint density at radius 3 is 2.30 bits per heavy atom. The summed E-state index contributed by atoms with van der Waals surface area (Å²) in [5.41, 5.74) is 0.661. The monoisotopic (exact) mass is 282 g/mol. The molecule has 0 aliphatic heterocycles. The number of carbonyl (C=O) groups is 1. The van der Waals surface area contributed by atoms with E-state index in [2.05, 4.69) is 9.97 Å². The van der Waals surface area contributed by atoms with Crippen LogP contribution in [0.25, 0.3) is 0 Å². The number of ether oxygens (including phenoxy) is 3. The second-order valence-corrected chi connectivity index (χ2v) is 4.21. The van der Waals surface area contributed by atoms with Crippen molar-refractivity contribution in [2.75, 3.05) is 19.8 Å². The van der Waals surface area contributed by atoms with E-state index in [-0.39, 0.29) is 12.2 Å². The fraction of sp³-hybridized carbons (Fsp3) is 0.643. The standard InChI is InChI=1S/C14H22N2O4/c1-6-18-13(17)11-9-15-10(4)16-12(11)14(5,19-7-2)20-8-3/h9H,6-8H2,1-5H3. The smallest absolute Gasteiger partial charge is 0.341 e. The zero-order chi connectivity index (χ0) is 15.2. The van der Waals surface area contributed by atoms with Gasteiger partial charge in [-0.05, 0) is 34.6 Å². The topological polar surface area (TPSA) is 70.5 Å². The Balaban J connectivity index is 3.31. The van der Waals surface area contributed by atoms with E-state index >= 15 is 0 Å². The third-order valence-electron chi connectivity index (χ3n) is 2.67. The SMILES string of the molecule is CCOC(=O)c1cnc(C)nc1C(C)(OCC)OCC. The maximum atomic E-state index is 12.0. The van der Waals surface area contributed by atoms with Gasteiger partial charge in [-0.2, -0.15) is 0 Å². The highest BCUT2D eigenvalue weighted by Crippen LogP contribution is 2.28. The van der Waals surface area contributed by atoms with Crippen molar-refractivity contribution < 1.29 is 19.0 Å². The molecule has 0 spiro atoms. The summed E-state index contributed by atoms with van der Waals surface area (Å²) in [6.45, 7) is 10.1. The van der Waals surface area contributed by atoms with Crippen molar-refractivity contribution in [1.82, 2.24) is 9.97 Å². The molecule has 112 valence electrons. The number of carbonyl (C=O) groups excluding carboxylic acids is 1. The lowest BCUT2D eigenvalue weighted by molar-refractivity contribution is -0.232. The van der Waals surface area contributed by atoms with Crippen LogP contribution < -0.4 is 0 Å². The molecule has 0 amide bonds. The molecule has 0 N–H and O–H groups in total. The minimum absolute atomic E-state index is 0.266. The molecule has 0 aromatic carbocycles. The van der Waals surface area contributed by atoms with Gasteiger partial charge in [0, 0.05) is 19.4 Å². The molecule has 6 nitrogen and oxygen atoms in total. The molecule has 0 saturated carbocycles. The quantitative estimate of drug-likeness (QED) is 0.564. The van der Waals surface area contributed by atoms with Crippen LogP contribution in [0.5, 0.6) is 0 Å². The van der Waals surface area contributed by atoms with Crippen LogP contribution in [0.1, 0.15) is 49.6 Å². The Hall–Kier alpha value is -1.53. The van der Waals surface area contributed by atoms with Crippen LogP contribution in [0, 0.1) is 6.92 Å². The van der Waals surface area contributed by atoms with Gasteiger partial charge in [0.1, 0.15) is 17.1 Å². The lowest BCUT2D eigenvalue weighted by atomic mass is 10.1. The number of esters is 1. The van der Waals surface area contributed by atoms with Gasteiger partial charge in [0.2, 0.25) is 5.79 Å². The molecule has 1 rings (SSSR count). The van der Waals surface area contributed by atoms with E-state index in [9.17, 15) is 4.79 Å². The molecule has 0 aliphatic rings. The first-order chi connectivity index (χ1) is 9.48. The van der Waals surface area contributed by atoms with Crippen molar-refractivity contribution in [1.29, 1.82) is 0 Å². The maximum Gasteiger partial charge on any atom is 0.341 e. The second kappa shape index (κ2) is 7.31. The number of aromatic nitrogens is 2. The zero-order valence-electron chi connectivity index (χ0n) is 12.7. The average molecular weight is 282 g/mol. The molecule has 1 aromatic rings. The number of hydrogen-bond donors (Lipinski definition) is 0. The minimum atomic E-state index is -1.10. The summed E-state index contributed by atoms with van der Waals surface area (Å²) in [5.74, 6) is -1.04. The van der Waals surface area contributed by atoms with E-state index in [1.165, 1.54) is 6.20 Å². The predicted octanol–water partition coefficient (Wildman–Crippen LogP) is 2.21. The first kappa shape index (κ1) is 16.5. The first-order valence-corrected chi connectivity index (χ1v) is 6.77. The summed E-state index contributed by atoms with van der Waals surface area (Å²) in [6.07, 6.45) is 1.45. The van der Waals surface area contributed by atoms with Crippen LogP contribution in [0.2, 0.25) is 0 Å². The van der Waals surface area contributed by atoms with Crippen molar-refractivity contribution >= 4 is 5.97 Å². The molecule has 0 atom stereocenters. The van der Waals surface area contributed by atoms with Crippen LogP contribution >= 0.6 is 0 Å². The lowest BCUT2D eigenvalue weighted by Gasteiger charge is -2.29. The van der Waals surface area contributed by atoms with E-state index in [1.54, 1.807) is 20.8 Å². The van der Waals surface area contributed by atoms with Crippen LogP contribution in [0.3, 0.4) is 0 Å². The van der Waals surface area contributed by atoms with Crippen molar-refractivity contribution in [3.05, 3.63) is 23.3 Å². The molecule has 0 unspecified atom stereocenters. The fourth-order valence-electron chi connectivity index (χ4n) is 1.90. The summed E-state index contributed by atoms with van der Waals surface area (Å²) in [4.78, 5) is 20.4. The number of aryl methyl sites for hydroxylation is 1. The highest BCUT2D eigenvalue weighted by Gasteiger charge is 2.35. The number of rotatable bonds is 7. The average Bonchev–Trinajstić information content (AvgIpc) is 2.39. The van der Waals surface area contributed by atoms with E-state index in [0.717, 1.165) is 0 Å². The zero-order valence-corrected chi connectivity index (χ0v) is 12.7. The molecule has 20 heavy (non-hydrogen) atoms. The largest absolute Gasteiger partial charge is 0.462 e. The first-order valence-electron chi connectivity index (χ1n) is 6.77. The van der Waals surface area contributed by atoms with Crippen molar-refractivity contribution in [2.24, 2.45) is 0 Å². The molecular weight excluding hydrogens is 260 g/mol. The van der Waals surface area contributed by atoms with Crippen LogP contribution in [-0.4, -0.2) is 35.8 Å². The Morgan fingerprint density at radius 2 is 1.80 bits per heavy atom. The third kappa shape index (κ3) is 3.74. The molecule has 1 heterocycles. The van der Waals surface area contributed by atoms with E-state index < -0.39 is 11.8 Å². The van der Waals surface area contributed by atoms with Crippen LogP contribution in [0.4, 0.5) is 0 Å².